The molecule has 0 rings (SSSR count). The zero-order valence-corrected chi connectivity index (χ0v) is 8.32. The van der Waals surface area contributed by atoms with E-state index in [9.17, 15) is 0 Å². The van der Waals surface area contributed by atoms with Crippen LogP contribution in [0.1, 0.15) is 0 Å². The maximum atomic E-state index is 3.77. The van der Waals surface area contributed by atoms with Gasteiger partial charge in [0.15, 0.2) is 0 Å². The van der Waals surface area contributed by atoms with Gasteiger partial charge in [0.1, 0.15) is 39.3 Å². The SMILES string of the molecule is [F-].[F-].[F-].[F-].[NH3+]CC[NH2+]CC[NH2+]CC[NH3+]. The molecular formula is C6H22F4N4. The summed E-state index contributed by atoms with van der Waals surface area (Å²) in [5.74, 6) is 0. The molecule has 0 amide bonds. The molecule has 0 saturated carbocycles. The number of quaternary nitrogens is 4. The summed E-state index contributed by atoms with van der Waals surface area (Å²) >= 11 is 0. The molecule has 4 nitrogen and oxygen atoms in total. The first-order chi connectivity index (χ1) is 4.91. The van der Waals surface area contributed by atoms with Gasteiger partial charge in [-0.1, -0.05) is 0 Å². The number of hydrogen-bond acceptors (Lipinski definition) is 0. The summed E-state index contributed by atoms with van der Waals surface area (Å²) in [6.07, 6.45) is 0. The Morgan fingerprint density at radius 2 is 0.857 bits per heavy atom. The van der Waals surface area contributed by atoms with Crippen molar-refractivity contribution < 1.29 is 40.9 Å². The van der Waals surface area contributed by atoms with E-state index < -0.39 is 0 Å². The Hall–Kier alpha value is -0.440. The predicted octanol–water partition coefficient (Wildman–Crippen LogP) is -17.4. The van der Waals surface area contributed by atoms with E-state index in [1.807, 2.05) is 0 Å². The minimum atomic E-state index is 0. The molecule has 0 aliphatic carbocycles. The van der Waals surface area contributed by atoms with Gasteiger partial charge in [-0.2, -0.15) is 0 Å². The lowest BCUT2D eigenvalue weighted by Gasteiger charge is -1.96. The van der Waals surface area contributed by atoms with Crippen LogP contribution in [0.25, 0.3) is 0 Å². The van der Waals surface area contributed by atoms with Crippen molar-refractivity contribution in [3.05, 3.63) is 0 Å². The summed E-state index contributed by atoms with van der Waals surface area (Å²) in [4.78, 5) is 0. The van der Waals surface area contributed by atoms with Crippen molar-refractivity contribution in [3.63, 3.8) is 0 Å². The van der Waals surface area contributed by atoms with Crippen LogP contribution in [0.5, 0.6) is 0 Å². The number of halogens is 4. The lowest BCUT2D eigenvalue weighted by Crippen LogP contribution is -3.00. The molecular weight excluding hydrogens is 204 g/mol. The molecule has 0 aliphatic heterocycles. The van der Waals surface area contributed by atoms with Crippen LogP contribution in [0, 0.1) is 0 Å². The van der Waals surface area contributed by atoms with Crippen LogP contribution in [0.4, 0.5) is 0 Å². The molecule has 0 fully saturated rings. The molecule has 0 aliphatic rings. The Balaban J connectivity index is -0.0000000675. The smallest absolute Gasteiger partial charge is 0.125 e. The van der Waals surface area contributed by atoms with Gasteiger partial charge in [0.25, 0.3) is 0 Å². The van der Waals surface area contributed by atoms with Gasteiger partial charge in [-0.25, -0.2) is 0 Å². The number of nitrogens with two attached hydrogens (primary N) is 2. The van der Waals surface area contributed by atoms with Gasteiger partial charge in [-0.15, -0.1) is 0 Å². The standard InChI is InChI=1S/C6H18N4.4FH/c7-1-3-9-5-6-10-4-2-8;;;;/h9-10H,1-8H2;4*1H. The van der Waals surface area contributed by atoms with E-state index in [2.05, 4.69) is 22.1 Å². The highest BCUT2D eigenvalue weighted by Gasteiger charge is 1.91. The fraction of sp³-hybridized carbons (Fsp3) is 1.00. The monoisotopic (exact) mass is 226 g/mol. The van der Waals surface area contributed by atoms with Crippen molar-refractivity contribution >= 4 is 0 Å². The van der Waals surface area contributed by atoms with Crippen molar-refractivity contribution in [3.8, 4) is 0 Å². The molecule has 0 saturated heterocycles. The van der Waals surface area contributed by atoms with Crippen LogP contribution in [0.15, 0.2) is 0 Å². The molecule has 0 atom stereocenters. The van der Waals surface area contributed by atoms with Gasteiger partial charge in [-0.3, -0.25) is 0 Å². The number of rotatable bonds is 7. The third-order valence-electron chi connectivity index (χ3n) is 1.39. The average molecular weight is 226 g/mol. The van der Waals surface area contributed by atoms with Gasteiger partial charge in [-0.05, 0) is 0 Å². The molecule has 94 valence electrons. The van der Waals surface area contributed by atoms with E-state index >= 15 is 0 Å². The van der Waals surface area contributed by atoms with Crippen molar-refractivity contribution in [1.82, 2.24) is 0 Å². The average Bonchev–Trinajstić information content (AvgIpc) is 1.97. The van der Waals surface area contributed by atoms with E-state index in [0.29, 0.717) is 0 Å². The molecule has 14 heavy (non-hydrogen) atoms. The Bertz CT molecular complexity index is 61.8. The van der Waals surface area contributed by atoms with E-state index in [1.165, 1.54) is 13.1 Å². The lowest BCUT2D eigenvalue weighted by molar-refractivity contribution is -0.733. The predicted molar refractivity (Wildman–Crippen MR) is 38.8 cm³/mol. The summed E-state index contributed by atoms with van der Waals surface area (Å²) in [6, 6.07) is 0. The van der Waals surface area contributed by atoms with E-state index in [-0.39, 0.29) is 18.8 Å². The van der Waals surface area contributed by atoms with Crippen molar-refractivity contribution in [2.45, 2.75) is 0 Å². The minimum Gasteiger partial charge on any atom is -1.00 e. The Kier molecular flexibility index (Phi) is 61.2. The second kappa shape index (κ2) is 29.4. The highest BCUT2D eigenvalue weighted by molar-refractivity contribution is 4.17. The second-order valence-corrected chi connectivity index (χ2v) is 2.44. The Labute approximate surface area is 81.3 Å². The zero-order valence-electron chi connectivity index (χ0n) is 8.32. The highest BCUT2D eigenvalue weighted by atomic mass is 19.0. The third-order valence-corrected chi connectivity index (χ3v) is 1.39. The normalized spacial score (nSPS) is 7.29. The molecule has 0 unspecified atom stereocenters. The van der Waals surface area contributed by atoms with Crippen molar-refractivity contribution in [2.75, 3.05) is 39.3 Å². The fourth-order valence-electron chi connectivity index (χ4n) is 0.813. The van der Waals surface area contributed by atoms with Crippen LogP contribution in [-0.2, 0) is 0 Å². The first kappa shape index (κ1) is 29.2. The quantitative estimate of drug-likeness (QED) is 0.245. The summed E-state index contributed by atoms with van der Waals surface area (Å²) in [7, 11) is 0. The van der Waals surface area contributed by atoms with Crippen LogP contribution in [-0.4, -0.2) is 39.3 Å². The second-order valence-electron chi connectivity index (χ2n) is 2.44. The first-order valence-electron chi connectivity index (χ1n) is 4.13. The van der Waals surface area contributed by atoms with Crippen molar-refractivity contribution in [1.29, 1.82) is 0 Å². The first-order valence-corrected chi connectivity index (χ1v) is 4.13. The largest absolute Gasteiger partial charge is 1.00 e. The minimum absolute atomic E-state index is 0. The molecule has 0 spiro atoms. The summed E-state index contributed by atoms with van der Waals surface area (Å²) < 4.78 is 0. The molecule has 0 aromatic rings. The van der Waals surface area contributed by atoms with Crippen LogP contribution >= 0.6 is 0 Å². The molecule has 0 bridgehead atoms. The summed E-state index contributed by atoms with van der Waals surface area (Å²) in [5.41, 5.74) is 7.54. The van der Waals surface area contributed by atoms with Gasteiger partial charge < -0.3 is 40.9 Å². The Morgan fingerprint density at radius 3 is 1.07 bits per heavy atom. The van der Waals surface area contributed by atoms with Gasteiger partial charge >= 0.3 is 0 Å². The van der Waals surface area contributed by atoms with Crippen LogP contribution < -0.4 is 40.9 Å². The number of hydrogen-bond donors (Lipinski definition) is 4. The van der Waals surface area contributed by atoms with Crippen LogP contribution in [0.2, 0.25) is 0 Å². The zero-order chi connectivity index (χ0) is 7.66. The maximum Gasteiger partial charge on any atom is 0.125 e. The third kappa shape index (κ3) is 30.0. The maximum absolute atomic E-state index is 3.77. The molecule has 10 N–H and O–H groups in total. The molecule has 0 heterocycles. The Morgan fingerprint density at radius 1 is 0.571 bits per heavy atom. The van der Waals surface area contributed by atoms with Crippen LogP contribution in [0.3, 0.4) is 0 Å². The molecule has 0 aromatic carbocycles. The van der Waals surface area contributed by atoms with E-state index in [0.717, 1.165) is 26.2 Å². The van der Waals surface area contributed by atoms with Gasteiger partial charge in [0.2, 0.25) is 0 Å². The summed E-state index contributed by atoms with van der Waals surface area (Å²) in [6.45, 7) is 6.84. The van der Waals surface area contributed by atoms with Crippen molar-refractivity contribution in [2.24, 2.45) is 0 Å². The van der Waals surface area contributed by atoms with Gasteiger partial charge in [0, 0.05) is 0 Å². The van der Waals surface area contributed by atoms with E-state index in [1.54, 1.807) is 0 Å². The van der Waals surface area contributed by atoms with E-state index in [4.69, 9.17) is 0 Å². The highest BCUT2D eigenvalue weighted by Crippen LogP contribution is 1.33. The fourth-order valence-corrected chi connectivity index (χ4v) is 0.813. The topological polar surface area (TPSA) is 88.5 Å². The summed E-state index contributed by atoms with van der Waals surface area (Å²) in [5, 5.41) is 4.62. The molecule has 0 radical (unpaired) electrons. The molecule has 8 heteroatoms. The van der Waals surface area contributed by atoms with Gasteiger partial charge in [0.05, 0.1) is 0 Å². The molecule has 0 aromatic heterocycles. The lowest BCUT2D eigenvalue weighted by atomic mass is 10.5.